The van der Waals surface area contributed by atoms with Crippen LogP contribution in [-0.2, 0) is 11.3 Å². The Morgan fingerprint density at radius 3 is 2.77 bits per heavy atom. The summed E-state index contributed by atoms with van der Waals surface area (Å²) in [5.74, 6) is 1.85. The van der Waals surface area contributed by atoms with Crippen molar-refractivity contribution >= 4 is 16.7 Å². The van der Waals surface area contributed by atoms with E-state index >= 15 is 0 Å². The molecule has 1 fully saturated rings. The fraction of sp³-hybridized carbons (Fsp3) is 0.619. The van der Waals surface area contributed by atoms with Crippen molar-refractivity contribution in [2.45, 2.75) is 45.1 Å². The minimum absolute atomic E-state index is 0.112. The monoisotopic (exact) mass is 417 g/mol. The van der Waals surface area contributed by atoms with E-state index in [2.05, 4.69) is 15.2 Å². The molecule has 4 rings (SSSR count). The highest BCUT2D eigenvalue weighted by atomic mass is 16.5. The largest absolute Gasteiger partial charge is 0.491 e. The molecule has 1 aromatic carbocycles. The van der Waals surface area contributed by atoms with Gasteiger partial charge in [0.2, 0.25) is 5.62 Å². The lowest BCUT2D eigenvalue weighted by Gasteiger charge is -2.38. The van der Waals surface area contributed by atoms with Crippen molar-refractivity contribution in [2.75, 3.05) is 45.2 Å². The second kappa shape index (κ2) is 8.05. The van der Waals surface area contributed by atoms with E-state index in [4.69, 9.17) is 19.6 Å². The number of fused-ring (bicyclic) bond motifs is 3. The van der Waals surface area contributed by atoms with Gasteiger partial charge in [-0.15, -0.1) is 0 Å². The van der Waals surface area contributed by atoms with Crippen molar-refractivity contribution in [1.82, 2.24) is 14.5 Å². The van der Waals surface area contributed by atoms with Gasteiger partial charge in [-0.1, -0.05) is 0 Å². The number of nitrogens with one attached hydrogen (secondary N) is 2. The first kappa shape index (κ1) is 20.9. The molecule has 2 aromatic rings. The van der Waals surface area contributed by atoms with E-state index in [0.29, 0.717) is 23.6 Å². The Hall–Kier alpha value is -2.36. The number of morpholine rings is 1. The van der Waals surface area contributed by atoms with E-state index in [1.807, 2.05) is 30.5 Å². The predicted octanol–water partition coefficient (Wildman–Crippen LogP) is 1.19. The molecular formula is C21H31N5O4. The zero-order valence-electron chi connectivity index (χ0n) is 18.1. The van der Waals surface area contributed by atoms with Gasteiger partial charge in [0.1, 0.15) is 23.5 Å². The van der Waals surface area contributed by atoms with Crippen LogP contribution < -0.4 is 20.4 Å². The number of hydrogen-bond donors (Lipinski definition) is 3. The summed E-state index contributed by atoms with van der Waals surface area (Å²) in [6, 6.07) is 3.76. The summed E-state index contributed by atoms with van der Waals surface area (Å²) in [7, 11) is 1.56. The normalized spacial score (nSPS) is 23.6. The van der Waals surface area contributed by atoms with E-state index in [0.717, 1.165) is 37.4 Å². The third-order valence-corrected chi connectivity index (χ3v) is 5.52. The standard InChI is InChI=1S/C21H31N5O4/c1-13-9-25(10-14(2)30-13)11-21(3,27)12-29-16-6-5-15-17(18(16)28-4)24-20(22)26-8-7-23-19(15)26/h5-6,13-14,22-23,27H,7-12H2,1-4H3/t13-,14?,21?/m1/s1. The number of aromatic nitrogens is 2. The first-order valence-electron chi connectivity index (χ1n) is 10.4. The van der Waals surface area contributed by atoms with Gasteiger partial charge in [-0.25, -0.2) is 4.98 Å². The maximum atomic E-state index is 10.9. The lowest BCUT2D eigenvalue weighted by Crippen LogP contribution is -2.52. The predicted molar refractivity (Wildman–Crippen MR) is 113 cm³/mol. The third-order valence-electron chi connectivity index (χ3n) is 5.52. The van der Waals surface area contributed by atoms with Gasteiger partial charge in [-0.05, 0) is 32.9 Å². The molecule has 2 unspecified atom stereocenters. The van der Waals surface area contributed by atoms with E-state index in [-0.39, 0.29) is 24.4 Å². The molecule has 0 spiro atoms. The number of ether oxygens (including phenoxy) is 3. The van der Waals surface area contributed by atoms with Gasteiger partial charge in [-0.3, -0.25) is 14.9 Å². The Balaban J connectivity index is 1.53. The van der Waals surface area contributed by atoms with Crippen LogP contribution in [0.25, 0.3) is 10.9 Å². The van der Waals surface area contributed by atoms with E-state index in [9.17, 15) is 5.11 Å². The summed E-state index contributed by atoms with van der Waals surface area (Å²) in [4.78, 5) is 6.64. The Morgan fingerprint density at radius 1 is 1.33 bits per heavy atom. The second-order valence-corrected chi connectivity index (χ2v) is 8.59. The molecule has 9 nitrogen and oxygen atoms in total. The van der Waals surface area contributed by atoms with Gasteiger partial charge in [0.15, 0.2) is 11.5 Å². The minimum Gasteiger partial charge on any atom is -0.491 e. The summed E-state index contributed by atoms with van der Waals surface area (Å²) in [6.07, 6.45) is 0.286. The minimum atomic E-state index is -1.04. The van der Waals surface area contributed by atoms with Crippen LogP contribution in [0, 0.1) is 5.41 Å². The Bertz CT molecular complexity index is 980. The van der Waals surface area contributed by atoms with Crippen LogP contribution in [0.3, 0.4) is 0 Å². The maximum Gasteiger partial charge on any atom is 0.224 e. The topological polar surface area (TPSA) is 105 Å². The fourth-order valence-corrected chi connectivity index (χ4v) is 4.45. The molecule has 0 bridgehead atoms. The summed E-state index contributed by atoms with van der Waals surface area (Å²) < 4.78 is 19.2. The van der Waals surface area contributed by atoms with Crippen LogP contribution in [0.15, 0.2) is 12.1 Å². The van der Waals surface area contributed by atoms with Gasteiger partial charge in [-0.2, -0.15) is 0 Å². The molecule has 3 N–H and O–H groups in total. The molecule has 3 heterocycles. The van der Waals surface area contributed by atoms with Crippen molar-refractivity contribution in [3.8, 4) is 11.5 Å². The third kappa shape index (κ3) is 4.10. The Labute approximate surface area is 176 Å². The second-order valence-electron chi connectivity index (χ2n) is 8.59. The fourth-order valence-electron chi connectivity index (χ4n) is 4.45. The van der Waals surface area contributed by atoms with Gasteiger partial charge < -0.3 is 24.6 Å². The van der Waals surface area contributed by atoms with Gasteiger partial charge in [0, 0.05) is 38.1 Å². The number of rotatable bonds is 6. The quantitative estimate of drug-likeness (QED) is 0.648. The number of anilines is 1. The molecule has 1 aromatic heterocycles. The SMILES string of the molecule is COc1c(OCC(C)(O)CN2CC(C)O[C@H](C)C2)ccc2c3n(c(=N)nc12)CCN3. The number of aliphatic hydroxyl groups is 1. The van der Waals surface area contributed by atoms with E-state index < -0.39 is 5.60 Å². The zero-order valence-corrected chi connectivity index (χ0v) is 18.1. The molecule has 0 radical (unpaired) electrons. The highest BCUT2D eigenvalue weighted by Crippen LogP contribution is 2.37. The molecule has 2 aliphatic heterocycles. The van der Waals surface area contributed by atoms with Crippen LogP contribution in [0.1, 0.15) is 20.8 Å². The van der Waals surface area contributed by atoms with Gasteiger partial charge in [0.25, 0.3) is 0 Å². The molecule has 3 atom stereocenters. The summed E-state index contributed by atoms with van der Waals surface area (Å²) >= 11 is 0. The Kier molecular flexibility index (Phi) is 5.61. The van der Waals surface area contributed by atoms with Crippen LogP contribution in [0.2, 0.25) is 0 Å². The van der Waals surface area contributed by atoms with Crippen LogP contribution in [0.5, 0.6) is 11.5 Å². The van der Waals surface area contributed by atoms with Crippen molar-refractivity contribution < 1.29 is 19.3 Å². The first-order chi connectivity index (χ1) is 14.3. The van der Waals surface area contributed by atoms with Crippen molar-refractivity contribution in [1.29, 1.82) is 5.41 Å². The summed E-state index contributed by atoms with van der Waals surface area (Å²) in [5.41, 5.74) is -0.281. The van der Waals surface area contributed by atoms with E-state index in [1.54, 1.807) is 14.0 Å². The first-order valence-corrected chi connectivity index (χ1v) is 10.4. The molecule has 0 saturated carbocycles. The number of hydrogen-bond acceptors (Lipinski definition) is 8. The lowest BCUT2D eigenvalue weighted by atomic mass is 10.1. The number of benzene rings is 1. The van der Waals surface area contributed by atoms with Gasteiger partial charge in [0.05, 0.1) is 19.3 Å². The zero-order chi connectivity index (χ0) is 21.5. The smallest absolute Gasteiger partial charge is 0.224 e. The summed E-state index contributed by atoms with van der Waals surface area (Å²) in [5, 5.41) is 23.4. The van der Waals surface area contributed by atoms with Crippen molar-refractivity contribution in [3.05, 3.63) is 17.8 Å². The molecule has 2 aliphatic rings. The summed E-state index contributed by atoms with van der Waals surface area (Å²) in [6.45, 7) is 9.53. The number of methoxy groups -OCH3 is 1. The van der Waals surface area contributed by atoms with Crippen LogP contribution >= 0.6 is 0 Å². The highest BCUT2D eigenvalue weighted by molar-refractivity contribution is 5.95. The molecule has 1 saturated heterocycles. The lowest BCUT2D eigenvalue weighted by molar-refractivity contribution is -0.0952. The molecule has 0 amide bonds. The average Bonchev–Trinajstić information content (AvgIpc) is 3.15. The molecule has 164 valence electrons. The van der Waals surface area contributed by atoms with Crippen molar-refractivity contribution in [2.24, 2.45) is 0 Å². The number of β-amino-alcohol motifs (C(OH)–C–C–N with tert-alkyl or cyclic N) is 1. The average molecular weight is 418 g/mol. The highest BCUT2D eigenvalue weighted by Gasteiger charge is 2.30. The van der Waals surface area contributed by atoms with Crippen LogP contribution in [0.4, 0.5) is 5.82 Å². The Morgan fingerprint density at radius 2 is 2.07 bits per heavy atom. The molecule has 9 heteroatoms. The molecular weight excluding hydrogens is 386 g/mol. The van der Waals surface area contributed by atoms with Gasteiger partial charge >= 0.3 is 0 Å². The maximum absolute atomic E-state index is 10.9. The number of nitrogens with zero attached hydrogens (tertiary/aromatic N) is 3. The van der Waals surface area contributed by atoms with E-state index in [1.165, 1.54) is 0 Å². The van der Waals surface area contributed by atoms with Crippen molar-refractivity contribution in [3.63, 3.8) is 0 Å². The molecule has 0 aliphatic carbocycles. The molecule has 30 heavy (non-hydrogen) atoms. The van der Waals surface area contributed by atoms with Crippen LogP contribution in [-0.4, -0.2) is 77.3 Å².